The molecule has 0 bridgehead atoms. The second-order valence-electron chi connectivity index (χ2n) is 4.05. The topological polar surface area (TPSA) is 56.1 Å². The lowest BCUT2D eigenvalue weighted by Gasteiger charge is -2.16. The highest BCUT2D eigenvalue weighted by Crippen LogP contribution is 2.10. The largest absolute Gasteiger partial charge is 0.355 e. The molecule has 0 aromatic heterocycles. The van der Waals surface area contributed by atoms with Crippen molar-refractivity contribution in [3.8, 4) is 6.07 Å². The van der Waals surface area contributed by atoms with Gasteiger partial charge in [-0.15, -0.1) is 0 Å². The molecule has 1 N–H and O–H groups in total. The number of amides is 1. The Morgan fingerprint density at radius 3 is 2.89 bits per heavy atom. The molecule has 4 nitrogen and oxygen atoms in total. The summed E-state index contributed by atoms with van der Waals surface area (Å²) < 4.78 is 13.1. The van der Waals surface area contributed by atoms with Crippen molar-refractivity contribution in [3.05, 3.63) is 35.1 Å². The number of benzene rings is 1. The van der Waals surface area contributed by atoms with E-state index in [2.05, 4.69) is 5.32 Å². The summed E-state index contributed by atoms with van der Waals surface area (Å²) in [5.41, 5.74) is 0.832. The molecule has 0 unspecified atom stereocenters. The van der Waals surface area contributed by atoms with Gasteiger partial charge in [-0.3, -0.25) is 9.69 Å². The zero-order chi connectivity index (χ0) is 13.5. The predicted octanol–water partition coefficient (Wildman–Crippen LogP) is 1.27. The average Bonchev–Trinajstić information content (AvgIpc) is 2.31. The van der Waals surface area contributed by atoms with Crippen molar-refractivity contribution in [1.82, 2.24) is 10.2 Å². The van der Waals surface area contributed by atoms with E-state index in [1.807, 2.05) is 6.92 Å². The molecule has 0 heterocycles. The molecule has 0 aliphatic carbocycles. The van der Waals surface area contributed by atoms with Crippen LogP contribution in [0.5, 0.6) is 0 Å². The molecule has 0 saturated carbocycles. The maximum Gasteiger partial charge on any atom is 0.234 e. The Hall–Kier alpha value is -1.93. The molecule has 0 saturated heterocycles. The van der Waals surface area contributed by atoms with E-state index < -0.39 is 5.82 Å². The van der Waals surface area contributed by atoms with Crippen LogP contribution in [0.25, 0.3) is 0 Å². The van der Waals surface area contributed by atoms with Crippen LogP contribution in [-0.4, -0.2) is 30.9 Å². The lowest BCUT2D eigenvalue weighted by atomic mass is 10.1. The summed E-state index contributed by atoms with van der Waals surface area (Å²) in [4.78, 5) is 13.2. The lowest BCUT2D eigenvalue weighted by molar-refractivity contribution is -0.121. The van der Waals surface area contributed by atoms with E-state index in [9.17, 15) is 9.18 Å². The number of halogens is 1. The minimum atomic E-state index is -0.521. The maximum atomic E-state index is 13.1. The fraction of sp³-hybridized carbons (Fsp3) is 0.385. The summed E-state index contributed by atoms with van der Waals surface area (Å²) in [7, 11) is 1.80. The fourth-order valence-electron chi connectivity index (χ4n) is 1.62. The first-order chi connectivity index (χ1) is 8.56. The van der Waals surface area contributed by atoms with Crippen LogP contribution < -0.4 is 5.32 Å². The molecule has 1 rings (SSSR count). The van der Waals surface area contributed by atoms with Gasteiger partial charge in [0.05, 0.1) is 12.1 Å². The Kier molecular flexibility index (Phi) is 5.28. The first kappa shape index (κ1) is 14.1. The SMILES string of the molecule is CCNC(=O)CN(C)Cc1ccc(F)c(C#N)c1. The highest BCUT2D eigenvalue weighted by Gasteiger charge is 2.08. The van der Waals surface area contributed by atoms with Gasteiger partial charge in [0.1, 0.15) is 11.9 Å². The van der Waals surface area contributed by atoms with Crippen LogP contribution in [0.15, 0.2) is 18.2 Å². The molecular weight excluding hydrogens is 233 g/mol. The summed E-state index contributed by atoms with van der Waals surface area (Å²) in [6, 6.07) is 6.19. The molecule has 1 aromatic rings. The Morgan fingerprint density at radius 2 is 2.28 bits per heavy atom. The van der Waals surface area contributed by atoms with Crippen LogP contribution in [0, 0.1) is 17.1 Å². The fourth-order valence-corrected chi connectivity index (χ4v) is 1.62. The van der Waals surface area contributed by atoms with E-state index in [0.29, 0.717) is 13.1 Å². The van der Waals surface area contributed by atoms with Crippen LogP contribution in [-0.2, 0) is 11.3 Å². The van der Waals surface area contributed by atoms with Gasteiger partial charge in [-0.2, -0.15) is 5.26 Å². The predicted molar refractivity (Wildman–Crippen MR) is 66.1 cm³/mol. The number of nitrogens with one attached hydrogen (secondary N) is 1. The summed E-state index contributed by atoms with van der Waals surface area (Å²) in [5, 5.41) is 11.4. The van der Waals surface area contributed by atoms with Gasteiger partial charge in [0, 0.05) is 13.1 Å². The van der Waals surface area contributed by atoms with E-state index in [-0.39, 0.29) is 18.0 Å². The standard InChI is InChI=1S/C13H16FN3O/c1-3-16-13(18)9-17(2)8-10-4-5-12(14)11(6-10)7-15/h4-6H,3,8-9H2,1-2H3,(H,16,18). The molecule has 0 atom stereocenters. The van der Waals surface area contributed by atoms with Crippen molar-refractivity contribution in [2.45, 2.75) is 13.5 Å². The molecule has 0 aliphatic heterocycles. The quantitative estimate of drug-likeness (QED) is 0.854. The van der Waals surface area contributed by atoms with Crippen molar-refractivity contribution >= 4 is 5.91 Å². The second kappa shape index (κ2) is 6.72. The minimum absolute atomic E-state index is 0.0268. The lowest BCUT2D eigenvalue weighted by Crippen LogP contribution is -2.34. The minimum Gasteiger partial charge on any atom is -0.355 e. The van der Waals surface area contributed by atoms with Crippen LogP contribution in [0.4, 0.5) is 4.39 Å². The monoisotopic (exact) mass is 249 g/mol. The van der Waals surface area contributed by atoms with Crippen LogP contribution in [0.3, 0.4) is 0 Å². The van der Waals surface area contributed by atoms with Gasteiger partial charge < -0.3 is 5.32 Å². The molecule has 18 heavy (non-hydrogen) atoms. The Bertz CT molecular complexity index is 468. The number of hydrogen-bond acceptors (Lipinski definition) is 3. The Labute approximate surface area is 106 Å². The van der Waals surface area contributed by atoms with Crippen molar-refractivity contribution in [1.29, 1.82) is 5.26 Å². The summed E-state index contributed by atoms with van der Waals surface area (Å²) in [5.74, 6) is -0.574. The number of likely N-dealkylation sites (N-methyl/N-ethyl adjacent to an activating group) is 2. The third kappa shape index (κ3) is 4.15. The van der Waals surface area contributed by atoms with Gasteiger partial charge in [0.2, 0.25) is 5.91 Å². The van der Waals surface area contributed by atoms with Crippen LogP contribution in [0.1, 0.15) is 18.1 Å². The van der Waals surface area contributed by atoms with Crippen molar-refractivity contribution in [3.63, 3.8) is 0 Å². The first-order valence-corrected chi connectivity index (χ1v) is 5.70. The number of carbonyl (C=O) groups is 1. The molecular formula is C13H16FN3O. The van der Waals surface area contributed by atoms with E-state index >= 15 is 0 Å². The van der Waals surface area contributed by atoms with Crippen molar-refractivity contribution < 1.29 is 9.18 Å². The molecule has 0 radical (unpaired) electrons. The van der Waals surface area contributed by atoms with Gasteiger partial charge >= 0.3 is 0 Å². The molecule has 0 fully saturated rings. The van der Waals surface area contributed by atoms with Crippen molar-refractivity contribution in [2.24, 2.45) is 0 Å². The molecule has 96 valence electrons. The van der Waals surface area contributed by atoms with E-state index in [1.54, 1.807) is 24.1 Å². The number of hydrogen-bond donors (Lipinski definition) is 1. The highest BCUT2D eigenvalue weighted by molar-refractivity contribution is 5.77. The zero-order valence-corrected chi connectivity index (χ0v) is 10.5. The molecule has 1 amide bonds. The van der Waals surface area contributed by atoms with Gasteiger partial charge in [-0.05, 0) is 31.7 Å². The number of nitrogens with zero attached hydrogens (tertiary/aromatic N) is 2. The van der Waals surface area contributed by atoms with Gasteiger partial charge in [-0.1, -0.05) is 6.07 Å². The summed E-state index contributed by atoms with van der Waals surface area (Å²) >= 11 is 0. The first-order valence-electron chi connectivity index (χ1n) is 5.70. The van der Waals surface area contributed by atoms with Gasteiger partial charge in [0.15, 0.2) is 0 Å². The van der Waals surface area contributed by atoms with Crippen LogP contribution >= 0.6 is 0 Å². The van der Waals surface area contributed by atoms with Gasteiger partial charge in [0.25, 0.3) is 0 Å². The zero-order valence-electron chi connectivity index (χ0n) is 10.5. The molecule has 0 aliphatic rings. The summed E-state index contributed by atoms with van der Waals surface area (Å²) in [6.07, 6.45) is 0. The van der Waals surface area contributed by atoms with E-state index in [1.165, 1.54) is 12.1 Å². The second-order valence-corrected chi connectivity index (χ2v) is 4.05. The Morgan fingerprint density at radius 1 is 1.56 bits per heavy atom. The summed E-state index contributed by atoms with van der Waals surface area (Å²) in [6.45, 7) is 3.22. The smallest absolute Gasteiger partial charge is 0.234 e. The third-order valence-electron chi connectivity index (χ3n) is 2.39. The number of carbonyl (C=O) groups excluding carboxylic acids is 1. The molecule has 0 spiro atoms. The Balaban J connectivity index is 2.62. The highest BCUT2D eigenvalue weighted by atomic mass is 19.1. The molecule has 5 heteroatoms. The molecule has 1 aromatic carbocycles. The maximum absolute atomic E-state index is 13.1. The average molecular weight is 249 g/mol. The van der Waals surface area contributed by atoms with Crippen LogP contribution in [0.2, 0.25) is 0 Å². The van der Waals surface area contributed by atoms with Gasteiger partial charge in [-0.25, -0.2) is 4.39 Å². The van der Waals surface area contributed by atoms with E-state index in [0.717, 1.165) is 5.56 Å². The van der Waals surface area contributed by atoms with Crippen molar-refractivity contribution in [2.75, 3.05) is 20.1 Å². The van der Waals surface area contributed by atoms with E-state index in [4.69, 9.17) is 5.26 Å². The number of nitriles is 1. The number of rotatable bonds is 5. The normalized spacial score (nSPS) is 10.2. The third-order valence-corrected chi connectivity index (χ3v) is 2.39.